The minimum atomic E-state index is -1.18. The second-order valence-corrected chi connectivity index (χ2v) is 8.34. The summed E-state index contributed by atoms with van der Waals surface area (Å²) in [5.41, 5.74) is -0.714. The molecule has 6 heteroatoms. The molecular weight excluding hydrogens is 370 g/mol. The average Bonchev–Trinajstić information content (AvgIpc) is 2.65. The molecule has 0 spiro atoms. The molecule has 0 rings (SSSR count). The van der Waals surface area contributed by atoms with Crippen LogP contribution in [0.1, 0.15) is 116 Å². The normalized spacial score (nSPS) is 11.6. The molecular formula is C23H45NO5. The molecule has 0 unspecified atom stereocenters. The third-order valence-electron chi connectivity index (χ3n) is 5.66. The van der Waals surface area contributed by atoms with Crippen LogP contribution in [-0.2, 0) is 9.59 Å². The summed E-state index contributed by atoms with van der Waals surface area (Å²) >= 11 is 0. The van der Waals surface area contributed by atoms with Gasteiger partial charge in [-0.15, -0.1) is 0 Å². The highest BCUT2D eigenvalue weighted by atomic mass is 16.4. The zero-order valence-electron chi connectivity index (χ0n) is 18.6. The average molecular weight is 416 g/mol. The predicted molar refractivity (Wildman–Crippen MR) is 117 cm³/mol. The number of carbonyl (C=O) groups excluding carboxylic acids is 1. The van der Waals surface area contributed by atoms with Crippen molar-refractivity contribution < 1.29 is 24.9 Å². The zero-order valence-corrected chi connectivity index (χ0v) is 18.6. The molecule has 172 valence electrons. The van der Waals surface area contributed by atoms with Crippen LogP contribution in [0.4, 0.5) is 0 Å². The molecule has 4 N–H and O–H groups in total. The van der Waals surface area contributed by atoms with Gasteiger partial charge < -0.3 is 20.6 Å². The van der Waals surface area contributed by atoms with Gasteiger partial charge in [0.1, 0.15) is 6.42 Å². The Balaban J connectivity index is 3.98. The number of unbranched alkanes of at least 4 members (excludes halogenated alkanes) is 12. The Bertz CT molecular complexity index is 408. The van der Waals surface area contributed by atoms with E-state index in [4.69, 9.17) is 5.11 Å². The Labute approximate surface area is 177 Å². The summed E-state index contributed by atoms with van der Waals surface area (Å²) in [6.07, 6.45) is 17.1. The van der Waals surface area contributed by atoms with Crippen LogP contribution in [0.3, 0.4) is 0 Å². The summed E-state index contributed by atoms with van der Waals surface area (Å²) in [6, 6.07) is 0. The van der Waals surface area contributed by atoms with Gasteiger partial charge in [-0.25, -0.2) is 0 Å². The predicted octanol–water partition coefficient (Wildman–Crippen LogP) is 4.56. The van der Waals surface area contributed by atoms with Crippen molar-refractivity contribution in [2.24, 2.45) is 0 Å². The van der Waals surface area contributed by atoms with Crippen molar-refractivity contribution in [3.8, 4) is 0 Å². The summed E-state index contributed by atoms with van der Waals surface area (Å²) in [4.78, 5) is 22.6. The van der Waals surface area contributed by atoms with Gasteiger partial charge in [-0.2, -0.15) is 0 Å². The fourth-order valence-corrected chi connectivity index (χ4v) is 3.95. The van der Waals surface area contributed by atoms with Crippen LogP contribution in [0.2, 0.25) is 0 Å². The van der Waals surface area contributed by atoms with Crippen LogP contribution in [-0.4, -0.2) is 45.9 Å². The maximum Gasteiger partial charge on any atom is 0.312 e. The fraction of sp³-hybridized carbons (Fsp3) is 0.913. The van der Waals surface area contributed by atoms with E-state index >= 15 is 0 Å². The third kappa shape index (κ3) is 16.4. The molecule has 0 fully saturated rings. The largest absolute Gasteiger partial charge is 0.481 e. The summed E-state index contributed by atoms with van der Waals surface area (Å²) in [5.74, 6) is -1.74. The molecule has 0 atom stereocenters. The monoisotopic (exact) mass is 415 g/mol. The first kappa shape index (κ1) is 27.9. The van der Waals surface area contributed by atoms with E-state index in [0.717, 1.165) is 19.3 Å². The summed E-state index contributed by atoms with van der Waals surface area (Å²) < 4.78 is 0. The highest BCUT2D eigenvalue weighted by molar-refractivity contribution is 5.93. The summed E-state index contributed by atoms with van der Waals surface area (Å²) in [5, 5.41) is 30.3. The first-order chi connectivity index (χ1) is 14.0. The first-order valence-corrected chi connectivity index (χ1v) is 11.7. The molecule has 0 aliphatic carbocycles. The van der Waals surface area contributed by atoms with Gasteiger partial charge in [-0.1, -0.05) is 90.4 Å². The van der Waals surface area contributed by atoms with Crippen LogP contribution in [0, 0.1) is 0 Å². The van der Waals surface area contributed by atoms with Crippen molar-refractivity contribution in [1.29, 1.82) is 0 Å². The number of carbonyl (C=O) groups is 2. The van der Waals surface area contributed by atoms with Gasteiger partial charge in [-0.3, -0.25) is 9.59 Å². The molecule has 0 aromatic rings. The molecule has 0 heterocycles. The quantitative estimate of drug-likeness (QED) is 0.162. The van der Waals surface area contributed by atoms with E-state index in [0.29, 0.717) is 19.3 Å². The molecule has 0 saturated heterocycles. The van der Waals surface area contributed by atoms with Gasteiger partial charge in [0.15, 0.2) is 0 Å². The second kappa shape index (κ2) is 18.9. The van der Waals surface area contributed by atoms with E-state index in [1.54, 1.807) is 0 Å². The van der Waals surface area contributed by atoms with Gasteiger partial charge in [0.2, 0.25) is 5.91 Å². The Kier molecular flexibility index (Phi) is 18.1. The Morgan fingerprint density at radius 2 is 1.10 bits per heavy atom. The highest BCUT2D eigenvalue weighted by Crippen LogP contribution is 2.24. The second-order valence-electron chi connectivity index (χ2n) is 8.34. The molecule has 0 aromatic carbocycles. The maximum absolute atomic E-state index is 11.9. The van der Waals surface area contributed by atoms with E-state index in [-0.39, 0.29) is 13.2 Å². The standard InChI is InChI=1S/C23H45NO5/c1-2-3-4-5-6-7-8-9-10-11-12-13-14-15-23(16-18-25,17-19-26)24-21(27)20-22(28)29/h25-26H,2-20H2,1H3,(H,24,27)(H,28,29). The molecule has 29 heavy (non-hydrogen) atoms. The van der Waals surface area contributed by atoms with Crippen LogP contribution < -0.4 is 5.32 Å². The molecule has 0 aliphatic heterocycles. The third-order valence-corrected chi connectivity index (χ3v) is 5.66. The fourth-order valence-electron chi connectivity index (χ4n) is 3.95. The number of hydrogen-bond donors (Lipinski definition) is 4. The van der Waals surface area contributed by atoms with Gasteiger partial charge in [0, 0.05) is 18.8 Å². The number of hydrogen-bond acceptors (Lipinski definition) is 4. The minimum absolute atomic E-state index is 0.105. The van der Waals surface area contributed by atoms with E-state index in [2.05, 4.69) is 12.2 Å². The van der Waals surface area contributed by atoms with Gasteiger partial charge in [0.05, 0.1) is 0 Å². The van der Waals surface area contributed by atoms with Gasteiger partial charge >= 0.3 is 5.97 Å². The lowest BCUT2D eigenvalue weighted by molar-refractivity contribution is -0.141. The molecule has 1 amide bonds. The topological polar surface area (TPSA) is 107 Å². The van der Waals surface area contributed by atoms with Crippen LogP contribution >= 0.6 is 0 Å². The Hall–Kier alpha value is -1.14. The number of aliphatic hydroxyl groups is 2. The smallest absolute Gasteiger partial charge is 0.312 e. The maximum atomic E-state index is 11.9. The number of amides is 1. The molecule has 0 saturated carbocycles. The van der Waals surface area contributed by atoms with Crippen LogP contribution in [0.25, 0.3) is 0 Å². The highest BCUT2D eigenvalue weighted by Gasteiger charge is 2.30. The van der Waals surface area contributed by atoms with Gasteiger partial charge in [0.25, 0.3) is 0 Å². The van der Waals surface area contributed by atoms with Crippen molar-refractivity contribution in [2.75, 3.05) is 13.2 Å². The SMILES string of the molecule is CCCCCCCCCCCCCCCC(CCO)(CCO)NC(=O)CC(=O)O. The van der Waals surface area contributed by atoms with Crippen molar-refractivity contribution >= 4 is 11.9 Å². The number of rotatable bonds is 21. The van der Waals surface area contributed by atoms with E-state index in [1.165, 1.54) is 64.2 Å². The lowest BCUT2D eigenvalue weighted by Crippen LogP contribution is -2.50. The number of aliphatic carboxylic acids is 1. The van der Waals surface area contributed by atoms with Crippen LogP contribution in [0.5, 0.6) is 0 Å². The van der Waals surface area contributed by atoms with Crippen LogP contribution in [0.15, 0.2) is 0 Å². The molecule has 0 bridgehead atoms. The molecule has 0 aromatic heterocycles. The van der Waals surface area contributed by atoms with Gasteiger partial charge in [-0.05, 0) is 19.3 Å². The number of carboxylic acids is 1. The molecule has 0 aliphatic rings. The lowest BCUT2D eigenvalue weighted by atomic mass is 9.85. The van der Waals surface area contributed by atoms with E-state index < -0.39 is 23.8 Å². The molecule has 0 radical (unpaired) electrons. The Morgan fingerprint density at radius 3 is 1.48 bits per heavy atom. The Morgan fingerprint density at radius 1 is 0.690 bits per heavy atom. The van der Waals surface area contributed by atoms with Crippen molar-refractivity contribution in [3.05, 3.63) is 0 Å². The van der Waals surface area contributed by atoms with Crippen molar-refractivity contribution in [3.63, 3.8) is 0 Å². The summed E-state index contributed by atoms with van der Waals surface area (Å²) in [7, 11) is 0. The number of nitrogens with one attached hydrogen (secondary N) is 1. The number of carboxylic acid groups (broad SMARTS) is 1. The van der Waals surface area contributed by atoms with E-state index in [1.807, 2.05) is 0 Å². The zero-order chi connectivity index (χ0) is 21.8. The first-order valence-electron chi connectivity index (χ1n) is 11.7. The minimum Gasteiger partial charge on any atom is -0.481 e. The molecule has 6 nitrogen and oxygen atoms in total. The summed E-state index contributed by atoms with van der Waals surface area (Å²) in [6.45, 7) is 2.03. The van der Waals surface area contributed by atoms with Crippen molar-refractivity contribution in [2.45, 2.75) is 122 Å². The number of aliphatic hydroxyl groups excluding tert-OH is 2. The van der Waals surface area contributed by atoms with E-state index in [9.17, 15) is 19.8 Å². The lowest BCUT2D eigenvalue weighted by Gasteiger charge is -2.34. The van der Waals surface area contributed by atoms with Crippen molar-refractivity contribution in [1.82, 2.24) is 5.32 Å².